The van der Waals surface area contributed by atoms with Gasteiger partial charge in [-0.2, -0.15) is 0 Å². The van der Waals surface area contributed by atoms with Crippen LogP contribution in [0.1, 0.15) is 19.4 Å². The summed E-state index contributed by atoms with van der Waals surface area (Å²) in [6, 6.07) is 7.73. The zero-order valence-corrected chi connectivity index (χ0v) is 11.6. The molecule has 0 saturated heterocycles. The highest BCUT2D eigenvalue weighted by molar-refractivity contribution is 6.30. The second-order valence-electron chi connectivity index (χ2n) is 4.30. The first-order chi connectivity index (χ1) is 8.02. The van der Waals surface area contributed by atoms with Gasteiger partial charge in [0, 0.05) is 22.9 Å². The predicted octanol–water partition coefficient (Wildman–Crippen LogP) is 3.26. The van der Waals surface area contributed by atoms with E-state index in [0.29, 0.717) is 5.88 Å². The van der Waals surface area contributed by atoms with Crippen molar-refractivity contribution in [3.63, 3.8) is 0 Å². The number of benzene rings is 1. The highest BCUT2D eigenvalue weighted by atomic mass is 35.5. The van der Waals surface area contributed by atoms with Crippen LogP contribution in [0, 0.1) is 5.92 Å². The lowest BCUT2D eigenvalue weighted by Gasteiger charge is -2.16. The second-order valence-corrected chi connectivity index (χ2v) is 5.04. The van der Waals surface area contributed by atoms with Crippen molar-refractivity contribution in [3.8, 4) is 0 Å². The zero-order valence-electron chi connectivity index (χ0n) is 10.0. The molecule has 0 aliphatic rings. The molecular weight excluding hydrogens is 257 g/mol. The fourth-order valence-electron chi connectivity index (χ4n) is 1.52. The summed E-state index contributed by atoms with van der Waals surface area (Å²) in [5.74, 6) is 0.184. The molecule has 1 amide bonds. The zero-order chi connectivity index (χ0) is 12.8. The lowest BCUT2D eigenvalue weighted by molar-refractivity contribution is -0.124. The Balaban J connectivity index is 2.50. The molecule has 0 fully saturated rings. The van der Waals surface area contributed by atoms with Gasteiger partial charge in [0.05, 0.1) is 0 Å². The molecule has 1 rings (SSSR count). The van der Waals surface area contributed by atoms with Gasteiger partial charge in [-0.25, -0.2) is 0 Å². The topological polar surface area (TPSA) is 29.1 Å². The van der Waals surface area contributed by atoms with Crippen LogP contribution in [0.25, 0.3) is 0 Å². The van der Waals surface area contributed by atoms with Gasteiger partial charge in [0.1, 0.15) is 0 Å². The van der Waals surface area contributed by atoms with E-state index >= 15 is 0 Å². The summed E-state index contributed by atoms with van der Waals surface area (Å²) in [6.45, 7) is 3.79. The van der Waals surface area contributed by atoms with Gasteiger partial charge in [-0.3, -0.25) is 4.79 Å². The summed E-state index contributed by atoms with van der Waals surface area (Å²) in [4.78, 5) is 11.6. The van der Waals surface area contributed by atoms with E-state index in [1.807, 2.05) is 38.1 Å². The van der Waals surface area contributed by atoms with Crippen LogP contribution in [0.4, 0.5) is 0 Å². The molecule has 2 unspecified atom stereocenters. The van der Waals surface area contributed by atoms with E-state index in [-0.39, 0.29) is 17.9 Å². The fourth-order valence-corrected chi connectivity index (χ4v) is 1.88. The molecule has 17 heavy (non-hydrogen) atoms. The first kappa shape index (κ1) is 14.3. The van der Waals surface area contributed by atoms with Gasteiger partial charge in [0.2, 0.25) is 5.91 Å². The lowest BCUT2D eigenvalue weighted by Crippen LogP contribution is -2.38. The Morgan fingerprint density at radius 1 is 1.41 bits per heavy atom. The fraction of sp³-hybridized carbons (Fsp3) is 0.462. The van der Waals surface area contributed by atoms with Gasteiger partial charge in [-0.15, -0.1) is 11.6 Å². The molecule has 0 aliphatic carbocycles. The lowest BCUT2D eigenvalue weighted by atomic mass is 10.1. The van der Waals surface area contributed by atoms with Crippen molar-refractivity contribution in [1.29, 1.82) is 0 Å². The molecular formula is C13H17Cl2NO. The normalized spacial score (nSPS) is 14.1. The van der Waals surface area contributed by atoms with Crippen LogP contribution >= 0.6 is 23.2 Å². The summed E-state index contributed by atoms with van der Waals surface area (Å²) in [7, 11) is 0. The Morgan fingerprint density at radius 3 is 2.71 bits per heavy atom. The number of hydrogen-bond donors (Lipinski definition) is 1. The van der Waals surface area contributed by atoms with E-state index in [9.17, 15) is 4.79 Å². The molecule has 0 saturated carbocycles. The molecule has 0 radical (unpaired) electrons. The Labute approximate surface area is 112 Å². The number of hydrogen-bond acceptors (Lipinski definition) is 1. The Morgan fingerprint density at radius 2 is 2.12 bits per heavy atom. The number of rotatable bonds is 5. The van der Waals surface area contributed by atoms with Gasteiger partial charge >= 0.3 is 0 Å². The Kier molecular flexibility index (Phi) is 5.79. The van der Waals surface area contributed by atoms with Crippen LogP contribution in [0.15, 0.2) is 24.3 Å². The molecule has 1 aromatic rings. The first-order valence-electron chi connectivity index (χ1n) is 5.63. The van der Waals surface area contributed by atoms with Crippen molar-refractivity contribution in [1.82, 2.24) is 5.32 Å². The molecule has 0 bridgehead atoms. The first-order valence-corrected chi connectivity index (χ1v) is 6.55. The van der Waals surface area contributed by atoms with Crippen LogP contribution in [-0.4, -0.2) is 17.8 Å². The number of amides is 1. The number of carbonyl (C=O) groups excluding carboxylic acids is 1. The van der Waals surface area contributed by atoms with Crippen molar-refractivity contribution < 1.29 is 4.79 Å². The summed E-state index contributed by atoms with van der Waals surface area (Å²) in [6.07, 6.45) is 0.765. The third-order valence-electron chi connectivity index (χ3n) is 2.50. The molecule has 1 aromatic carbocycles. The monoisotopic (exact) mass is 273 g/mol. The minimum absolute atomic E-state index is 0.00507. The van der Waals surface area contributed by atoms with Crippen LogP contribution in [0.3, 0.4) is 0 Å². The molecule has 2 atom stereocenters. The van der Waals surface area contributed by atoms with E-state index in [1.165, 1.54) is 0 Å². The maximum Gasteiger partial charge on any atom is 0.224 e. The maximum atomic E-state index is 11.6. The average molecular weight is 274 g/mol. The minimum atomic E-state index is -0.154. The third kappa shape index (κ3) is 4.97. The highest BCUT2D eigenvalue weighted by Gasteiger charge is 2.14. The van der Waals surface area contributed by atoms with E-state index in [2.05, 4.69) is 5.32 Å². The summed E-state index contributed by atoms with van der Waals surface area (Å²) in [5, 5.41) is 3.65. The summed E-state index contributed by atoms with van der Waals surface area (Å²) >= 11 is 11.5. The molecule has 0 aliphatic heterocycles. The summed E-state index contributed by atoms with van der Waals surface area (Å²) in [5.41, 5.74) is 1.11. The van der Waals surface area contributed by atoms with Crippen LogP contribution in [0.2, 0.25) is 5.02 Å². The summed E-state index contributed by atoms with van der Waals surface area (Å²) < 4.78 is 0. The molecule has 0 heterocycles. The van der Waals surface area contributed by atoms with Crippen molar-refractivity contribution in [2.75, 3.05) is 5.88 Å². The molecule has 4 heteroatoms. The Hall–Kier alpha value is -0.730. The van der Waals surface area contributed by atoms with E-state index < -0.39 is 0 Å². The van der Waals surface area contributed by atoms with Crippen molar-refractivity contribution in [2.45, 2.75) is 26.3 Å². The van der Waals surface area contributed by atoms with Crippen molar-refractivity contribution in [2.24, 2.45) is 5.92 Å². The molecule has 1 N–H and O–H groups in total. The van der Waals surface area contributed by atoms with Crippen molar-refractivity contribution >= 4 is 29.1 Å². The second kappa shape index (κ2) is 6.87. The van der Waals surface area contributed by atoms with Crippen LogP contribution in [-0.2, 0) is 11.2 Å². The standard InChI is InChI=1S/C13H17Cl2NO/c1-9(8-14)13(17)16-10(2)6-11-4-3-5-12(15)7-11/h3-5,7,9-10H,6,8H2,1-2H3,(H,16,17). The quantitative estimate of drug-likeness (QED) is 0.820. The molecule has 94 valence electrons. The van der Waals surface area contributed by atoms with Crippen molar-refractivity contribution in [3.05, 3.63) is 34.9 Å². The molecule has 2 nitrogen and oxygen atoms in total. The SMILES string of the molecule is CC(Cc1cccc(Cl)c1)NC(=O)C(C)CCl. The van der Waals surface area contributed by atoms with E-state index in [0.717, 1.165) is 17.0 Å². The van der Waals surface area contributed by atoms with Crippen LogP contribution < -0.4 is 5.32 Å². The number of carbonyl (C=O) groups is 1. The molecule has 0 spiro atoms. The average Bonchev–Trinajstić information content (AvgIpc) is 2.27. The molecule has 0 aromatic heterocycles. The highest BCUT2D eigenvalue weighted by Crippen LogP contribution is 2.12. The smallest absolute Gasteiger partial charge is 0.224 e. The third-order valence-corrected chi connectivity index (χ3v) is 3.20. The van der Waals surface area contributed by atoms with E-state index in [4.69, 9.17) is 23.2 Å². The Bertz CT molecular complexity index is 381. The number of halogens is 2. The van der Waals surface area contributed by atoms with Crippen LogP contribution in [0.5, 0.6) is 0 Å². The number of alkyl halides is 1. The minimum Gasteiger partial charge on any atom is -0.353 e. The predicted molar refractivity (Wildman–Crippen MR) is 72.6 cm³/mol. The van der Waals surface area contributed by atoms with Gasteiger partial charge in [-0.05, 0) is 31.0 Å². The van der Waals surface area contributed by atoms with Gasteiger partial charge in [0.15, 0.2) is 0 Å². The maximum absolute atomic E-state index is 11.6. The van der Waals surface area contributed by atoms with Gasteiger partial charge < -0.3 is 5.32 Å². The number of nitrogens with one attached hydrogen (secondary N) is 1. The van der Waals surface area contributed by atoms with Gasteiger partial charge in [0.25, 0.3) is 0 Å². The van der Waals surface area contributed by atoms with E-state index in [1.54, 1.807) is 0 Å². The van der Waals surface area contributed by atoms with Gasteiger partial charge in [-0.1, -0.05) is 30.7 Å². The largest absolute Gasteiger partial charge is 0.353 e.